The molecule has 0 aromatic carbocycles. The van der Waals surface area contributed by atoms with Crippen LogP contribution in [0.1, 0.15) is 47.9 Å². The molecule has 2 fully saturated rings. The van der Waals surface area contributed by atoms with Crippen LogP contribution < -0.4 is 10.2 Å². The van der Waals surface area contributed by atoms with Crippen molar-refractivity contribution < 1.29 is 0 Å². The molecule has 6 heteroatoms. The lowest BCUT2D eigenvalue weighted by Gasteiger charge is -2.39. The molecule has 1 N–H and O–H groups in total. The van der Waals surface area contributed by atoms with Crippen LogP contribution in [0.3, 0.4) is 0 Å². The quantitative estimate of drug-likeness (QED) is 0.905. The number of thiazole rings is 1. The molecule has 0 spiro atoms. The molecule has 1 saturated heterocycles. The summed E-state index contributed by atoms with van der Waals surface area (Å²) in [6, 6.07) is 4.30. The second kappa shape index (κ2) is 5.99. The number of anilines is 2. The van der Waals surface area contributed by atoms with Crippen molar-refractivity contribution in [3.8, 4) is 0 Å². The smallest absolute Gasteiger partial charge is 0.183 e. The lowest BCUT2D eigenvalue weighted by molar-refractivity contribution is 0.425. The number of fused-ring (bicyclic) bond motifs is 1. The highest BCUT2D eigenvalue weighted by Gasteiger charge is 2.29. The van der Waals surface area contributed by atoms with Gasteiger partial charge in [-0.25, -0.2) is 4.98 Å². The summed E-state index contributed by atoms with van der Waals surface area (Å²) in [7, 11) is 0. The summed E-state index contributed by atoms with van der Waals surface area (Å²) in [5.74, 6) is 2.39. The van der Waals surface area contributed by atoms with Crippen LogP contribution >= 0.6 is 11.3 Å². The van der Waals surface area contributed by atoms with Crippen molar-refractivity contribution in [3.05, 3.63) is 28.4 Å². The van der Waals surface area contributed by atoms with Gasteiger partial charge in [-0.05, 0) is 50.7 Å². The SMILES string of the molecule is c1cc(N2CC(CNc3nc4c(s3)CCCC4)C2)nnc1C1CC1. The van der Waals surface area contributed by atoms with E-state index in [0.29, 0.717) is 11.8 Å². The Morgan fingerprint density at radius 1 is 1.12 bits per heavy atom. The summed E-state index contributed by atoms with van der Waals surface area (Å²) in [6.07, 6.45) is 7.58. The molecule has 0 bridgehead atoms. The van der Waals surface area contributed by atoms with Crippen LogP contribution in [0.4, 0.5) is 10.9 Å². The Labute approximate surface area is 146 Å². The molecule has 1 aliphatic heterocycles. The van der Waals surface area contributed by atoms with Gasteiger partial charge < -0.3 is 10.2 Å². The molecule has 3 heterocycles. The number of nitrogens with zero attached hydrogens (tertiary/aromatic N) is 4. The second-order valence-corrected chi connectivity index (χ2v) is 8.42. The van der Waals surface area contributed by atoms with E-state index in [2.05, 4.69) is 32.5 Å². The zero-order valence-electron chi connectivity index (χ0n) is 13.9. The molecule has 0 atom stereocenters. The minimum absolute atomic E-state index is 0.677. The second-order valence-electron chi connectivity index (χ2n) is 7.34. The molecule has 1 saturated carbocycles. The maximum atomic E-state index is 4.76. The van der Waals surface area contributed by atoms with Crippen LogP contribution in [0, 0.1) is 5.92 Å². The van der Waals surface area contributed by atoms with Crippen LogP contribution in [-0.2, 0) is 12.8 Å². The number of aryl methyl sites for hydroxylation is 2. The fraction of sp³-hybridized carbons (Fsp3) is 0.611. The summed E-state index contributed by atoms with van der Waals surface area (Å²) >= 11 is 1.86. The van der Waals surface area contributed by atoms with Gasteiger partial charge in [0, 0.05) is 36.3 Å². The van der Waals surface area contributed by atoms with Gasteiger partial charge in [-0.15, -0.1) is 16.4 Å². The Morgan fingerprint density at radius 3 is 2.75 bits per heavy atom. The maximum Gasteiger partial charge on any atom is 0.183 e. The monoisotopic (exact) mass is 341 g/mol. The van der Waals surface area contributed by atoms with Crippen LogP contribution in [0.5, 0.6) is 0 Å². The fourth-order valence-corrected chi connectivity index (χ4v) is 4.70. The largest absolute Gasteiger partial charge is 0.361 e. The van der Waals surface area contributed by atoms with Gasteiger partial charge in [0.1, 0.15) is 0 Å². The number of hydrogen-bond donors (Lipinski definition) is 1. The normalized spacial score (nSPS) is 20.6. The van der Waals surface area contributed by atoms with E-state index in [1.54, 1.807) is 0 Å². The third-order valence-electron chi connectivity index (χ3n) is 5.34. The highest BCUT2D eigenvalue weighted by atomic mass is 32.1. The molecule has 2 aromatic heterocycles. The predicted octanol–water partition coefficient (Wildman–Crippen LogP) is 3.24. The standard InChI is InChI=1S/C18H23N5S/c1-2-4-16-15(3-1)20-18(24-16)19-9-12-10-23(11-12)17-8-7-14(21-22-17)13-5-6-13/h7-8,12-13H,1-6,9-11H2,(H,19,20). The number of nitrogens with one attached hydrogen (secondary N) is 1. The molecular weight excluding hydrogens is 318 g/mol. The van der Waals surface area contributed by atoms with Gasteiger partial charge in [-0.3, -0.25) is 0 Å². The Morgan fingerprint density at radius 2 is 2.00 bits per heavy atom. The van der Waals surface area contributed by atoms with Crippen LogP contribution in [-0.4, -0.2) is 34.8 Å². The molecule has 0 unspecified atom stereocenters. The van der Waals surface area contributed by atoms with E-state index in [9.17, 15) is 0 Å². The van der Waals surface area contributed by atoms with Gasteiger partial charge in [-0.2, -0.15) is 5.10 Å². The van der Waals surface area contributed by atoms with Crippen LogP contribution in [0.2, 0.25) is 0 Å². The molecule has 24 heavy (non-hydrogen) atoms. The van der Waals surface area contributed by atoms with E-state index < -0.39 is 0 Å². The molecule has 2 aromatic rings. The Kier molecular flexibility index (Phi) is 3.65. The number of rotatable bonds is 5. The average molecular weight is 341 g/mol. The van der Waals surface area contributed by atoms with Crippen LogP contribution in [0.25, 0.3) is 0 Å². The third kappa shape index (κ3) is 2.88. The van der Waals surface area contributed by atoms with E-state index in [-0.39, 0.29) is 0 Å². The summed E-state index contributed by atoms with van der Waals surface area (Å²) < 4.78 is 0. The molecule has 0 radical (unpaired) electrons. The first-order valence-electron chi connectivity index (χ1n) is 9.16. The topological polar surface area (TPSA) is 53.9 Å². The first kappa shape index (κ1) is 14.6. The van der Waals surface area contributed by atoms with Crippen molar-refractivity contribution in [1.29, 1.82) is 0 Å². The van der Waals surface area contributed by atoms with Gasteiger partial charge in [0.15, 0.2) is 10.9 Å². The Bertz CT molecular complexity index is 692. The van der Waals surface area contributed by atoms with Crippen molar-refractivity contribution in [2.24, 2.45) is 5.92 Å². The minimum Gasteiger partial charge on any atom is -0.361 e. The zero-order valence-corrected chi connectivity index (χ0v) is 14.7. The molecule has 5 nitrogen and oxygen atoms in total. The Hall–Kier alpha value is -1.69. The molecule has 0 amide bonds. The zero-order chi connectivity index (χ0) is 15.9. The van der Waals surface area contributed by atoms with Gasteiger partial charge in [0.2, 0.25) is 0 Å². The maximum absolute atomic E-state index is 4.76. The first-order valence-corrected chi connectivity index (χ1v) is 9.98. The average Bonchev–Trinajstić information content (AvgIpc) is 3.33. The van der Waals surface area contributed by atoms with Crippen molar-refractivity contribution in [1.82, 2.24) is 15.2 Å². The van der Waals surface area contributed by atoms with E-state index >= 15 is 0 Å². The van der Waals surface area contributed by atoms with Crippen molar-refractivity contribution in [2.75, 3.05) is 29.9 Å². The van der Waals surface area contributed by atoms with Gasteiger partial charge in [0.05, 0.1) is 11.4 Å². The highest BCUT2D eigenvalue weighted by Crippen LogP contribution is 2.39. The molecule has 126 valence electrons. The van der Waals surface area contributed by atoms with Gasteiger partial charge >= 0.3 is 0 Å². The summed E-state index contributed by atoms with van der Waals surface area (Å²) in [4.78, 5) is 8.59. The summed E-state index contributed by atoms with van der Waals surface area (Å²) in [6.45, 7) is 3.14. The number of aromatic nitrogens is 3. The molecule has 3 aliphatic rings. The Balaban J connectivity index is 1.12. The molecular formula is C18H23N5S. The van der Waals surface area contributed by atoms with Crippen molar-refractivity contribution in [3.63, 3.8) is 0 Å². The summed E-state index contributed by atoms with van der Waals surface area (Å²) in [5.41, 5.74) is 2.51. The predicted molar refractivity (Wildman–Crippen MR) is 97.0 cm³/mol. The van der Waals surface area contributed by atoms with E-state index in [1.165, 1.54) is 54.8 Å². The fourth-order valence-electron chi connectivity index (χ4n) is 3.65. The first-order chi connectivity index (χ1) is 11.8. The molecule has 2 aliphatic carbocycles. The lowest BCUT2D eigenvalue weighted by Crippen LogP contribution is -2.50. The highest BCUT2D eigenvalue weighted by molar-refractivity contribution is 7.15. The van der Waals surface area contributed by atoms with E-state index in [1.807, 2.05) is 11.3 Å². The summed E-state index contributed by atoms with van der Waals surface area (Å²) in [5, 5.41) is 13.5. The van der Waals surface area contributed by atoms with E-state index in [0.717, 1.165) is 30.6 Å². The minimum atomic E-state index is 0.677. The van der Waals surface area contributed by atoms with Gasteiger partial charge in [0.25, 0.3) is 0 Å². The van der Waals surface area contributed by atoms with Crippen molar-refractivity contribution in [2.45, 2.75) is 44.4 Å². The lowest BCUT2D eigenvalue weighted by atomic mass is 10.0. The van der Waals surface area contributed by atoms with Gasteiger partial charge in [-0.1, -0.05) is 0 Å². The van der Waals surface area contributed by atoms with Crippen molar-refractivity contribution >= 4 is 22.3 Å². The van der Waals surface area contributed by atoms with Crippen LogP contribution in [0.15, 0.2) is 12.1 Å². The molecule has 5 rings (SSSR count). The third-order valence-corrected chi connectivity index (χ3v) is 6.45. The van der Waals surface area contributed by atoms with E-state index in [4.69, 9.17) is 4.98 Å². The number of hydrogen-bond acceptors (Lipinski definition) is 6.